The molecule has 0 aromatic carbocycles. The molecule has 0 saturated heterocycles. The van der Waals surface area contributed by atoms with E-state index in [1.54, 1.807) is 19.9 Å². The predicted molar refractivity (Wildman–Crippen MR) is 79.5 cm³/mol. The average molecular weight is 319 g/mol. The summed E-state index contributed by atoms with van der Waals surface area (Å²) in [5.41, 5.74) is 0. The third-order valence-electron chi connectivity index (χ3n) is 2.70. The topological polar surface area (TPSA) is 63.7 Å². The summed E-state index contributed by atoms with van der Waals surface area (Å²) in [6.07, 6.45) is 0.640. The van der Waals surface area contributed by atoms with Crippen molar-refractivity contribution < 1.29 is 17.9 Å². The lowest BCUT2D eigenvalue weighted by Gasteiger charge is -2.20. The lowest BCUT2D eigenvalue weighted by atomic mass is 10.4. The van der Waals surface area contributed by atoms with E-state index in [0.717, 1.165) is 9.75 Å². The Hall–Kier alpha value is -0.920. The van der Waals surface area contributed by atoms with Gasteiger partial charge in [0.2, 0.25) is 10.0 Å². The number of esters is 1. The van der Waals surface area contributed by atoms with Crippen LogP contribution >= 0.6 is 11.3 Å². The predicted octanol–water partition coefficient (Wildman–Crippen LogP) is 2.33. The highest BCUT2D eigenvalue weighted by Gasteiger charge is 2.28. The molecule has 0 bridgehead atoms. The third kappa shape index (κ3) is 4.04. The zero-order chi connectivity index (χ0) is 15.3. The molecule has 0 N–H and O–H groups in total. The monoisotopic (exact) mass is 319 g/mol. The minimum atomic E-state index is -3.64. The largest absolute Gasteiger partial charge is 0.465 e. The van der Waals surface area contributed by atoms with Crippen LogP contribution in [0.1, 0.15) is 30.0 Å². The number of hydrogen-bond donors (Lipinski definition) is 0. The van der Waals surface area contributed by atoms with E-state index in [-0.39, 0.29) is 18.0 Å². The van der Waals surface area contributed by atoms with E-state index in [1.165, 1.54) is 15.6 Å². The summed E-state index contributed by atoms with van der Waals surface area (Å²) < 4.78 is 31.3. The summed E-state index contributed by atoms with van der Waals surface area (Å²) >= 11 is 1.44. The molecule has 0 spiro atoms. The number of ether oxygens (including phenoxy) is 1. The van der Waals surface area contributed by atoms with Crippen molar-refractivity contribution in [1.82, 2.24) is 4.31 Å². The number of sulfonamides is 1. The van der Waals surface area contributed by atoms with Crippen LogP contribution < -0.4 is 0 Å². The van der Waals surface area contributed by atoms with Crippen molar-refractivity contribution in [2.24, 2.45) is 0 Å². The highest BCUT2D eigenvalue weighted by molar-refractivity contribution is 7.89. The van der Waals surface area contributed by atoms with Crippen molar-refractivity contribution in [2.45, 2.75) is 39.0 Å². The first kappa shape index (κ1) is 17.1. The lowest BCUT2D eigenvalue weighted by molar-refractivity contribution is -0.143. The van der Waals surface area contributed by atoms with Crippen LogP contribution in [-0.4, -0.2) is 38.4 Å². The van der Waals surface area contributed by atoms with Gasteiger partial charge in [-0.3, -0.25) is 4.79 Å². The number of carbonyl (C=O) groups is 1. The Morgan fingerprint density at radius 3 is 2.45 bits per heavy atom. The second-order valence-electron chi connectivity index (χ2n) is 4.42. The summed E-state index contributed by atoms with van der Waals surface area (Å²) in [7, 11) is -3.64. The van der Waals surface area contributed by atoms with Gasteiger partial charge in [-0.15, -0.1) is 11.3 Å². The number of hydrogen-bond acceptors (Lipinski definition) is 5. The summed E-state index contributed by atoms with van der Waals surface area (Å²) in [5.74, 6) is -0.519. The Morgan fingerprint density at radius 1 is 1.35 bits per heavy atom. The van der Waals surface area contributed by atoms with Gasteiger partial charge in [0.25, 0.3) is 0 Å². The molecule has 1 aromatic heterocycles. The standard InChI is InChI=1S/C13H21NO4S2/c1-5-7-14(9-13(15)18-6-2)20(16,17)12-8-10(3)19-11(12)4/h8H,5-7,9H2,1-4H3. The van der Waals surface area contributed by atoms with Gasteiger partial charge in [0.05, 0.1) is 11.5 Å². The van der Waals surface area contributed by atoms with Crippen LogP contribution in [0.4, 0.5) is 0 Å². The molecule has 0 aliphatic rings. The van der Waals surface area contributed by atoms with Crippen LogP contribution in [0.3, 0.4) is 0 Å². The molecule has 0 fully saturated rings. The summed E-state index contributed by atoms with van der Waals surface area (Å²) in [4.78, 5) is 13.5. The molecular weight excluding hydrogens is 298 g/mol. The fourth-order valence-corrected chi connectivity index (χ4v) is 4.89. The van der Waals surface area contributed by atoms with Gasteiger partial charge < -0.3 is 4.74 Å². The van der Waals surface area contributed by atoms with Gasteiger partial charge in [0.1, 0.15) is 6.54 Å². The van der Waals surface area contributed by atoms with Crippen LogP contribution in [0.5, 0.6) is 0 Å². The van der Waals surface area contributed by atoms with Gasteiger partial charge in [-0.2, -0.15) is 4.31 Å². The SMILES string of the molecule is CCCN(CC(=O)OCC)S(=O)(=O)c1cc(C)sc1C. The maximum atomic E-state index is 12.6. The number of carbonyl (C=O) groups excluding carboxylic acids is 1. The zero-order valence-corrected chi connectivity index (χ0v) is 13.9. The highest BCUT2D eigenvalue weighted by atomic mass is 32.2. The van der Waals surface area contributed by atoms with Crippen LogP contribution in [-0.2, 0) is 19.6 Å². The van der Waals surface area contributed by atoms with Gasteiger partial charge in [-0.05, 0) is 33.3 Å². The number of nitrogens with zero attached hydrogens (tertiary/aromatic N) is 1. The van der Waals surface area contributed by atoms with Crippen molar-refractivity contribution in [3.05, 3.63) is 15.8 Å². The van der Waals surface area contributed by atoms with Crippen LogP contribution in [0.15, 0.2) is 11.0 Å². The second-order valence-corrected chi connectivity index (χ2v) is 7.79. The maximum Gasteiger partial charge on any atom is 0.321 e. The van der Waals surface area contributed by atoms with E-state index >= 15 is 0 Å². The molecule has 7 heteroatoms. The molecule has 1 rings (SSSR count). The fraction of sp³-hybridized carbons (Fsp3) is 0.615. The summed E-state index contributed by atoms with van der Waals surface area (Å²) in [6, 6.07) is 1.66. The molecule has 5 nitrogen and oxygen atoms in total. The van der Waals surface area contributed by atoms with Crippen LogP contribution in [0.25, 0.3) is 0 Å². The van der Waals surface area contributed by atoms with E-state index in [2.05, 4.69) is 0 Å². The third-order valence-corrected chi connectivity index (χ3v) is 5.76. The fourth-order valence-electron chi connectivity index (χ4n) is 1.89. The Kier molecular flexibility index (Phi) is 6.16. The Labute approximate surface area is 124 Å². The average Bonchev–Trinajstić information content (AvgIpc) is 2.69. The first-order chi connectivity index (χ1) is 9.32. The first-order valence-corrected chi connectivity index (χ1v) is 8.81. The maximum absolute atomic E-state index is 12.6. The minimum absolute atomic E-state index is 0.238. The molecule has 0 atom stereocenters. The molecule has 114 valence electrons. The molecule has 1 aromatic rings. The number of thiophene rings is 1. The van der Waals surface area contributed by atoms with Crippen LogP contribution in [0, 0.1) is 13.8 Å². The molecule has 0 aliphatic carbocycles. The Morgan fingerprint density at radius 2 is 2.00 bits per heavy atom. The number of aryl methyl sites for hydroxylation is 2. The molecule has 0 aliphatic heterocycles. The summed E-state index contributed by atoms with van der Waals surface area (Å²) in [5, 5.41) is 0. The normalized spacial score (nSPS) is 11.8. The Balaban J connectivity index is 3.06. The highest BCUT2D eigenvalue weighted by Crippen LogP contribution is 2.27. The minimum Gasteiger partial charge on any atom is -0.465 e. The van der Waals surface area contributed by atoms with E-state index in [4.69, 9.17) is 4.74 Å². The van der Waals surface area contributed by atoms with E-state index < -0.39 is 16.0 Å². The van der Waals surface area contributed by atoms with Crippen molar-refractivity contribution in [3.63, 3.8) is 0 Å². The van der Waals surface area contributed by atoms with Gasteiger partial charge in [-0.25, -0.2) is 8.42 Å². The van der Waals surface area contributed by atoms with E-state index in [0.29, 0.717) is 13.0 Å². The van der Waals surface area contributed by atoms with Gasteiger partial charge in [0.15, 0.2) is 0 Å². The molecule has 1 heterocycles. The second kappa shape index (κ2) is 7.19. The van der Waals surface area contributed by atoms with Crippen molar-refractivity contribution in [1.29, 1.82) is 0 Å². The van der Waals surface area contributed by atoms with Crippen molar-refractivity contribution in [2.75, 3.05) is 19.7 Å². The van der Waals surface area contributed by atoms with Gasteiger partial charge in [0, 0.05) is 16.3 Å². The van der Waals surface area contributed by atoms with Gasteiger partial charge in [-0.1, -0.05) is 6.92 Å². The van der Waals surface area contributed by atoms with Crippen molar-refractivity contribution >= 4 is 27.3 Å². The smallest absolute Gasteiger partial charge is 0.321 e. The van der Waals surface area contributed by atoms with E-state index in [1.807, 2.05) is 13.8 Å². The van der Waals surface area contributed by atoms with Crippen LogP contribution in [0.2, 0.25) is 0 Å². The molecule has 20 heavy (non-hydrogen) atoms. The molecule has 0 unspecified atom stereocenters. The van der Waals surface area contributed by atoms with E-state index in [9.17, 15) is 13.2 Å². The first-order valence-electron chi connectivity index (χ1n) is 6.55. The lowest BCUT2D eigenvalue weighted by Crippen LogP contribution is -2.37. The van der Waals surface area contributed by atoms with Gasteiger partial charge >= 0.3 is 5.97 Å². The molecule has 0 saturated carbocycles. The molecular formula is C13H21NO4S2. The summed E-state index contributed by atoms with van der Waals surface area (Å²) in [6.45, 7) is 7.52. The molecule has 0 amide bonds. The number of rotatable bonds is 7. The van der Waals surface area contributed by atoms with Crippen molar-refractivity contribution in [3.8, 4) is 0 Å². The zero-order valence-electron chi connectivity index (χ0n) is 12.3. The molecule has 0 radical (unpaired) electrons. The Bertz CT molecular complexity index is 563. The quantitative estimate of drug-likeness (QED) is 0.724.